The van der Waals surface area contributed by atoms with Crippen molar-refractivity contribution in [1.82, 2.24) is 14.4 Å². The van der Waals surface area contributed by atoms with Gasteiger partial charge in [0.15, 0.2) is 0 Å². The number of aryl methyl sites for hydroxylation is 1. The summed E-state index contributed by atoms with van der Waals surface area (Å²) in [6.07, 6.45) is 0.296. The molecule has 2 aromatic carbocycles. The summed E-state index contributed by atoms with van der Waals surface area (Å²) in [5.74, 6) is -0.255. The summed E-state index contributed by atoms with van der Waals surface area (Å²) in [5, 5.41) is 1.01. The van der Waals surface area contributed by atoms with Crippen molar-refractivity contribution in [3.63, 3.8) is 0 Å². The highest BCUT2D eigenvalue weighted by atomic mass is 16.2. The molecule has 154 valence electrons. The Balaban J connectivity index is 1.26. The fourth-order valence-electron chi connectivity index (χ4n) is 4.75. The van der Waals surface area contributed by atoms with Gasteiger partial charge in [-0.05, 0) is 18.2 Å². The van der Waals surface area contributed by atoms with Crippen molar-refractivity contribution >= 4 is 28.4 Å². The Morgan fingerprint density at radius 2 is 1.53 bits per heavy atom. The van der Waals surface area contributed by atoms with Crippen molar-refractivity contribution in [2.75, 3.05) is 44.2 Å². The van der Waals surface area contributed by atoms with Crippen LogP contribution in [0.25, 0.3) is 10.9 Å². The first-order chi connectivity index (χ1) is 14.6. The van der Waals surface area contributed by atoms with Crippen molar-refractivity contribution in [2.24, 2.45) is 7.05 Å². The van der Waals surface area contributed by atoms with E-state index < -0.39 is 0 Å². The summed E-state index contributed by atoms with van der Waals surface area (Å²) in [5.41, 5.74) is 3.78. The van der Waals surface area contributed by atoms with Crippen molar-refractivity contribution in [3.05, 3.63) is 65.9 Å². The van der Waals surface area contributed by atoms with Gasteiger partial charge in [-0.3, -0.25) is 19.4 Å². The molecule has 3 heterocycles. The zero-order chi connectivity index (χ0) is 20.7. The standard InChI is InChI=1S/C24H26N4O2/c1-25-21-10-6-5-9-19(21)20-17-22(29)28(24(30)23(20)25)16-13-26-11-14-27(15-12-26)18-7-3-2-4-8-18/h2-10H,11-17H2,1H3. The van der Waals surface area contributed by atoms with Crippen LogP contribution in [-0.2, 0) is 18.3 Å². The summed E-state index contributed by atoms with van der Waals surface area (Å²) in [4.78, 5) is 32.2. The van der Waals surface area contributed by atoms with E-state index in [9.17, 15) is 9.59 Å². The lowest BCUT2D eigenvalue weighted by Gasteiger charge is -2.37. The van der Waals surface area contributed by atoms with Crippen LogP contribution in [0.15, 0.2) is 54.6 Å². The smallest absolute Gasteiger partial charge is 0.277 e. The topological polar surface area (TPSA) is 48.8 Å². The van der Waals surface area contributed by atoms with Crippen LogP contribution in [0, 0.1) is 0 Å². The second-order valence-corrected chi connectivity index (χ2v) is 8.09. The Kier molecular flexibility index (Phi) is 4.79. The summed E-state index contributed by atoms with van der Waals surface area (Å²) >= 11 is 0. The Morgan fingerprint density at radius 1 is 0.833 bits per heavy atom. The average molecular weight is 402 g/mol. The zero-order valence-corrected chi connectivity index (χ0v) is 17.3. The highest BCUT2D eigenvalue weighted by Crippen LogP contribution is 2.30. The molecular formula is C24H26N4O2. The van der Waals surface area contributed by atoms with E-state index in [4.69, 9.17) is 0 Å². The minimum atomic E-state index is -0.164. The number of hydrogen-bond acceptors (Lipinski definition) is 4. The van der Waals surface area contributed by atoms with Crippen molar-refractivity contribution in [1.29, 1.82) is 0 Å². The molecule has 0 saturated carbocycles. The van der Waals surface area contributed by atoms with E-state index in [1.807, 2.05) is 41.9 Å². The third-order valence-corrected chi connectivity index (χ3v) is 6.42. The molecule has 0 aliphatic carbocycles. The van der Waals surface area contributed by atoms with Crippen LogP contribution in [0.4, 0.5) is 5.69 Å². The predicted molar refractivity (Wildman–Crippen MR) is 118 cm³/mol. The number of imide groups is 1. The predicted octanol–water partition coefficient (Wildman–Crippen LogP) is 2.53. The Hall–Kier alpha value is -3.12. The quantitative estimate of drug-likeness (QED) is 0.630. The second-order valence-electron chi connectivity index (χ2n) is 8.09. The SMILES string of the molecule is Cn1c2c(c3ccccc31)CC(=O)N(CCN1CCN(c3ccccc3)CC1)C2=O. The van der Waals surface area contributed by atoms with E-state index in [1.165, 1.54) is 10.6 Å². The van der Waals surface area contributed by atoms with Gasteiger partial charge in [0.05, 0.1) is 6.42 Å². The number of carbonyl (C=O) groups excluding carboxylic acids is 2. The Morgan fingerprint density at radius 3 is 2.30 bits per heavy atom. The number of piperazine rings is 1. The molecule has 5 rings (SSSR count). The summed E-state index contributed by atoms with van der Waals surface area (Å²) < 4.78 is 1.94. The van der Waals surface area contributed by atoms with Gasteiger partial charge in [0.2, 0.25) is 5.91 Å². The van der Waals surface area contributed by atoms with Gasteiger partial charge in [-0.15, -0.1) is 0 Å². The summed E-state index contributed by atoms with van der Waals surface area (Å²) in [6, 6.07) is 18.4. The molecule has 6 nitrogen and oxygen atoms in total. The largest absolute Gasteiger partial charge is 0.369 e. The first-order valence-electron chi connectivity index (χ1n) is 10.6. The third-order valence-electron chi connectivity index (χ3n) is 6.42. The first kappa shape index (κ1) is 18.9. The van der Waals surface area contributed by atoms with E-state index in [1.54, 1.807) is 0 Å². The van der Waals surface area contributed by atoms with E-state index in [0.29, 0.717) is 18.7 Å². The van der Waals surface area contributed by atoms with Crippen molar-refractivity contribution in [2.45, 2.75) is 6.42 Å². The fraction of sp³-hybridized carbons (Fsp3) is 0.333. The first-order valence-corrected chi connectivity index (χ1v) is 10.6. The highest BCUT2D eigenvalue weighted by Gasteiger charge is 2.35. The number of hydrogen-bond donors (Lipinski definition) is 0. The van der Waals surface area contributed by atoms with Gasteiger partial charge in [-0.25, -0.2) is 0 Å². The molecule has 1 aromatic heterocycles. The highest BCUT2D eigenvalue weighted by molar-refractivity contribution is 6.13. The van der Waals surface area contributed by atoms with Crippen molar-refractivity contribution < 1.29 is 9.59 Å². The lowest BCUT2D eigenvalue weighted by atomic mass is 10.0. The van der Waals surface area contributed by atoms with Gasteiger partial charge in [0.25, 0.3) is 5.91 Å². The number of para-hydroxylation sites is 2. The maximum Gasteiger partial charge on any atom is 0.277 e. The number of carbonyl (C=O) groups is 2. The summed E-state index contributed by atoms with van der Waals surface area (Å²) in [6.45, 7) is 4.96. The molecule has 2 aliphatic rings. The molecule has 0 atom stereocenters. The van der Waals surface area contributed by atoms with E-state index in [0.717, 1.165) is 49.2 Å². The molecular weight excluding hydrogens is 376 g/mol. The Bertz CT molecular complexity index is 1100. The fourth-order valence-corrected chi connectivity index (χ4v) is 4.75. The molecule has 0 unspecified atom stereocenters. The molecule has 0 N–H and O–H groups in total. The van der Waals surface area contributed by atoms with Crippen LogP contribution in [0.5, 0.6) is 0 Å². The molecule has 2 amide bonds. The average Bonchev–Trinajstić information content (AvgIpc) is 3.07. The number of aromatic nitrogens is 1. The lowest BCUT2D eigenvalue weighted by Crippen LogP contribution is -2.51. The number of anilines is 1. The number of benzene rings is 2. The van der Waals surface area contributed by atoms with Gasteiger partial charge in [0, 0.05) is 68.5 Å². The molecule has 2 aliphatic heterocycles. The van der Waals surface area contributed by atoms with Gasteiger partial charge in [-0.2, -0.15) is 0 Å². The monoisotopic (exact) mass is 402 g/mol. The summed E-state index contributed by atoms with van der Waals surface area (Å²) in [7, 11) is 1.91. The molecule has 1 saturated heterocycles. The zero-order valence-electron chi connectivity index (χ0n) is 17.3. The maximum absolute atomic E-state index is 13.2. The molecule has 0 spiro atoms. The van der Waals surface area contributed by atoms with Gasteiger partial charge < -0.3 is 9.47 Å². The minimum Gasteiger partial charge on any atom is -0.369 e. The second kappa shape index (κ2) is 7.61. The minimum absolute atomic E-state index is 0.0909. The van der Waals surface area contributed by atoms with Crippen LogP contribution in [0.2, 0.25) is 0 Å². The van der Waals surface area contributed by atoms with E-state index in [-0.39, 0.29) is 11.8 Å². The molecule has 3 aromatic rings. The van der Waals surface area contributed by atoms with Crippen LogP contribution >= 0.6 is 0 Å². The lowest BCUT2D eigenvalue weighted by molar-refractivity contribution is -0.128. The molecule has 6 heteroatoms. The van der Waals surface area contributed by atoms with Gasteiger partial charge in [-0.1, -0.05) is 36.4 Å². The van der Waals surface area contributed by atoms with Gasteiger partial charge >= 0.3 is 0 Å². The van der Waals surface area contributed by atoms with Crippen LogP contribution in [-0.4, -0.2) is 65.4 Å². The molecule has 0 bridgehead atoms. The molecule has 30 heavy (non-hydrogen) atoms. The number of amides is 2. The van der Waals surface area contributed by atoms with Gasteiger partial charge in [0.1, 0.15) is 5.69 Å². The van der Waals surface area contributed by atoms with E-state index in [2.05, 4.69) is 34.1 Å². The van der Waals surface area contributed by atoms with Crippen LogP contribution in [0.3, 0.4) is 0 Å². The molecule has 0 radical (unpaired) electrons. The number of fused-ring (bicyclic) bond motifs is 3. The Labute approximate surface area is 176 Å². The van der Waals surface area contributed by atoms with Crippen molar-refractivity contribution in [3.8, 4) is 0 Å². The van der Waals surface area contributed by atoms with Crippen LogP contribution in [0.1, 0.15) is 16.1 Å². The normalized spacial score (nSPS) is 17.6. The van der Waals surface area contributed by atoms with E-state index >= 15 is 0 Å². The number of nitrogens with zero attached hydrogens (tertiary/aromatic N) is 4. The third kappa shape index (κ3) is 3.17. The van der Waals surface area contributed by atoms with Crippen LogP contribution < -0.4 is 4.90 Å². The molecule has 1 fully saturated rings. The number of rotatable bonds is 4. The maximum atomic E-state index is 13.2.